The molecule has 0 spiro atoms. The molecule has 0 aliphatic carbocycles. The fourth-order valence-electron chi connectivity index (χ4n) is 3.52. The molecule has 28 heavy (non-hydrogen) atoms. The Labute approximate surface area is 160 Å². The molecule has 2 aromatic heterocycles. The predicted octanol–water partition coefficient (Wildman–Crippen LogP) is 3.00. The van der Waals surface area contributed by atoms with Gasteiger partial charge in [0.2, 0.25) is 5.89 Å². The van der Waals surface area contributed by atoms with Crippen molar-refractivity contribution < 1.29 is 9.26 Å². The van der Waals surface area contributed by atoms with Crippen LogP contribution < -0.4 is 5.56 Å². The third-order valence-corrected chi connectivity index (χ3v) is 4.98. The van der Waals surface area contributed by atoms with Crippen molar-refractivity contribution in [2.24, 2.45) is 0 Å². The first-order chi connectivity index (χ1) is 13.8. The van der Waals surface area contributed by atoms with Crippen LogP contribution in [0.4, 0.5) is 0 Å². The van der Waals surface area contributed by atoms with Gasteiger partial charge < -0.3 is 9.26 Å². The van der Waals surface area contributed by atoms with Gasteiger partial charge >= 0.3 is 0 Å². The summed E-state index contributed by atoms with van der Waals surface area (Å²) < 4.78 is 12.2. The molecule has 1 atom stereocenters. The number of ether oxygens (including phenoxy) is 1. The molecule has 0 amide bonds. The maximum atomic E-state index is 13.0. The Morgan fingerprint density at radius 2 is 1.82 bits per heavy atom. The molecule has 0 radical (unpaired) electrons. The van der Waals surface area contributed by atoms with E-state index in [1.54, 1.807) is 0 Å². The Bertz CT molecular complexity index is 1180. The molecule has 1 aliphatic rings. The summed E-state index contributed by atoms with van der Waals surface area (Å²) in [4.78, 5) is 17.4. The molecule has 3 heterocycles. The molecule has 1 fully saturated rings. The van der Waals surface area contributed by atoms with Gasteiger partial charge in [-0.05, 0) is 12.5 Å². The Morgan fingerprint density at radius 3 is 2.61 bits per heavy atom. The number of hydrogen-bond acceptors (Lipinski definition) is 6. The molecular weight excluding hydrogens is 356 g/mol. The van der Waals surface area contributed by atoms with Gasteiger partial charge in [-0.3, -0.25) is 4.79 Å². The van der Waals surface area contributed by atoms with E-state index in [0.29, 0.717) is 30.3 Å². The fourth-order valence-corrected chi connectivity index (χ4v) is 3.52. The van der Waals surface area contributed by atoms with Gasteiger partial charge in [0.15, 0.2) is 5.82 Å². The smallest absolute Gasteiger partial charge is 0.275 e. The van der Waals surface area contributed by atoms with E-state index >= 15 is 0 Å². The summed E-state index contributed by atoms with van der Waals surface area (Å²) >= 11 is 0. The first-order valence-electron chi connectivity index (χ1n) is 9.25. The van der Waals surface area contributed by atoms with Crippen molar-refractivity contribution in [3.05, 3.63) is 76.7 Å². The molecule has 0 saturated carbocycles. The first kappa shape index (κ1) is 16.8. The molecule has 1 aliphatic heterocycles. The molecule has 140 valence electrons. The highest BCUT2D eigenvalue weighted by atomic mass is 16.5. The van der Waals surface area contributed by atoms with Crippen molar-refractivity contribution in [3.63, 3.8) is 0 Å². The number of rotatable bonds is 4. The van der Waals surface area contributed by atoms with Crippen LogP contribution in [0.1, 0.15) is 24.1 Å². The van der Waals surface area contributed by atoms with Crippen LogP contribution in [0.3, 0.4) is 0 Å². The highest BCUT2D eigenvalue weighted by Gasteiger charge is 2.23. The summed E-state index contributed by atoms with van der Waals surface area (Å²) in [7, 11) is 0. The molecule has 0 N–H and O–H groups in total. The highest BCUT2D eigenvalue weighted by molar-refractivity contribution is 5.93. The lowest BCUT2D eigenvalue weighted by molar-refractivity contribution is 0.192. The molecule has 0 unspecified atom stereocenters. The van der Waals surface area contributed by atoms with Gasteiger partial charge in [0.1, 0.15) is 6.54 Å². The summed E-state index contributed by atoms with van der Waals surface area (Å²) in [6, 6.07) is 17.3. The van der Waals surface area contributed by atoms with Gasteiger partial charge in [-0.2, -0.15) is 10.1 Å². The maximum Gasteiger partial charge on any atom is 0.275 e. The Morgan fingerprint density at radius 1 is 1.04 bits per heavy atom. The molecule has 2 aromatic carbocycles. The van der Waals surface area contributed by atoms with E-state index in [-0.39, 0.29) is 18.0 Å². The van der Waals surface area contributed by atoms with E-state index < -0.39 is 0 Å². The maximum absolute atomic E-state index is 13.0. The number of nitrogens with zero attached hydrogens (tertiary/aromatic N) is 4. The second-order valence-corrected chi connectivity index (χ2v) is 6.83. The normalized spacial score (nSPS) is 16.6. The minimum Gasteiger partial charge on any atom is -0.381 e. The summed E-state index contributed by atoms with van der Waals surface area (Å²) in [5, 5.41) is 10.1. The lowest BCUT2D eigenvalue weighted by Gasteiger charge is -2.10. The van der Waals surface area contributed by atoms with Gasteiger partial charge in [0, 0.05) is 23.5 Å². The summed E-state index contributed by atoms with van der Waals surface area (Å²) in [6.07, 6.45) is 0.880. The minimum atomic E-state index is -0.181. The lowest BCUT2D eigenvalue weighted by Crippen LogP contribution is -2.24. The van der Waals surface area contributed by atoms with Gasteiger partial charge in [0.25, 0.3) is 5.56 Å². The van der Waals surface area contributed by atoms with Crippen LogP contribution in [-0.4, -0.2) is 33.1 Å². The van der Waals surface area contributed by atoms with Crippen LogP contribution in [0.25, 0.3) is 22.0 Å². The van der Waals surface area contributed by atoms with Crippen molar-refractivity contribution >= 4 is 10.8 Å². The van der Waals surface area contributed by atoms with Crippen LogP contribution >= 0.6 is 0 Å². The second-order valence-electron chi connectivity index (χ2n) is 6.83. The van der Waals surface area contributed by atoms with E-state index in [0.717, 1.165) is 23.1 Å². The number of aromatic nitrogens is 4. The molecule has 7 nitrogen and oxygen atoms in total. The van der Waals surface area contributed by atoms with Crippen molar-refractivity contribution in [2.75, 3.05) is 13.2 Å². The van der Waals surface area contributed by atoms with E-state index in [1.165, 1.54) is 4.68 Å². The zero-order chi connectivity index (χ0) is 18.9. The number of fused-ring (bicyclic) bond motifs is 1. The summed E-state index contributed by atoms with van der Waals surface area (Å²) in [6.45, 7) is 1.44. The summed E-state index contributed by atoms with van der Waals surface area (Å²) in [5.41, 5.74) is 1.51. The molecular formula is C21H18N4O3. The topological polar surface area (TPSA) is 83.0 Å². The van der Waals surface area contributed by atoms with Crippen molar-refractivity contribution in [1.82, 2.24) is 19.9 Å². The van der Waals surface area contributed by atoms with E-state index in [1.807, 2.05) is 54.6 Å². The average molecular weight is 374 g/mol. The standard InChI is InChI=1S/C21H18N4O3/c26-21-17-9-5-4-8-16(17)19(14-6-2-1-3-7-14)23-25(21)12-18-22-20(24-28-18)15-10-11-27-13-15/h1-9,15H,10-13H2/t15-/m1/s1. The Kier molecular flexibility index (Phi) is 4.21. The Balaban J connectivity index is 1.58. The zero-order valence-corrected chi connectivity index (χ0v) is 15.1. The van der Waals surface area contributed by atoms with Crippen LogP contribution in [0.5, 0.6) is 0 Å². The Hall–Kier alpha value is -3.32. The fraction of sp³-hybridized carbons (Fsp3) is 0.238. The lowest BCUT2D eigenvalue weighted by atomic mass is 10.1. The van der Waals surface area contributed by atoms with Crippen molar-refractivity contribution in [1.29, 1.82) is 0 Å². The molecule has 5 rings (SSSR count). The van der Waals surface area contributed by atoms with Crippen molar-refractivity contribution in [2.45, 2.75) is 18.9 Å². The van der Waals surface area contributed by atoms with Crippen molar-refractivity contribution in [3.8, 4) is 11.3 Å². The van der Waals surface area contributed by atoms with Crippen LogP contribution in [-0.2, 0) is 11.3 Å². The van der Waals surface area contributed by atoms with Gasteiger partial charge in [0.05, 0.1) is 17.7 Å². The number of hydrogen-bond donors (Lipinski definition) is 0. The van der Waals surface area contributed by atoms with Crippen LogP contribution in [0.15, 0.2) is 63.9 Å². The van der Waals surface area contributed by atoms with E-state index in [2.05, 4.69) is 15.2 Å². The van der Waals surface area contributed by atoms with E-state index in [9.17, 15) is 4.79 Å². The van der Waals surface area contributed by atoms with Gasteiger partial charge in [-0.1, -0.05) is 53.7 Å². The molecule has 7 heteroatoms. The zero-order valence-electron chi connectivity index (χ0n) is 15.1. The van der Waals surface area contributed by atoms with Crippen LogP contribution in [0.2, 0.25) is 0 Å². The minimum absolute atomic E-state index is 0.129. The monoisotopic (exact) mass is 374 g/mol. The predicted molar refractivity (Wildman–Crippen MR) is 103 cm³/mol. The summed E-state index contributed by atoms with van der Waals surface area (Å²) in [5.74, 6) is 1.15. The van der Waals surface area contributed by atoms with Gasteiger partial charge in [-0.25, -0.2) is 4.68 Å². The number of benzene rings is 2. The second kappa shape index (κ2) is 7.01. The van der Waals surface area contributed by atoms with E-state index in [4.69, 9.17) is 9.26 Å². The quantitative estimate of drug-likeness (QED) is 0.546. The molecule has 0 bridgehead atoms. The third kappa shape index (κ3) is 2.99. The van der Waals surface area contributed by atoms with Gasteiger partial charge in [-0.15, -0.1) is 0 Å². The largest absolute Gasteiger partial charge is 0.381 e. The van der Waals surface area contributed by atoms with Crippen LogP contribution in [0, 0.1) is 0 Å². The molecule has 1 saturated heterocycles. The molecule has 4 aromatic rings. The SMILES string of the molecule is O=c1c2ccccc2c(-c2ccccc2)nn1Cc1nc([C@@H]2CCOC2)no1. The highest BCUT2D eigenvalue weighted by Crippen LogP contribution is 2.25. The third-order valence-electron chi connectivity index (χ3n) is 4.98. The average Bonchev–Trinajstić information content (AvgIpc) is 3.43. The first-order valence-corrected chi connectivity index (χ1v) is 9.25.